The highest BCUT2D eigenvalue weighted by atomic mass is 16.5. The molecule has 0 saturated heterocycles. The Morgan fingerprint density at radius 1 is 0.931 bits per heavy atom. The molecule has 0 atom stereocenters. The van der Waals surface area contributed by atoms with E-state index in [1.807, 2.05) is 72.3 Å². The number of hydrogen-bond donors (Lipinski definition) is 0. The van der Waals surface area contributed by atoms with Crippen molar-refractivity contribution >= 4 is 17.5 Å². The molecule has 0 bridgehead atoms. The summed E-state index contributed by atoms with van der Waals surface area (Å²) in [5.74, 6) is -2.21. The number of esters is 1. The lowest BCUT2D eigenvalue weighted by Crippen LogP contribution is -2.22. The second kappa shape index (κ2) is 9.15. The van der Waals surface area contributed by atoms with Crippen molar-refractivity contribution in [3.8, 4) is 11.1 Å². The molecule has 0 saturated carbocycles. The summed E-state index contributed by atoms with van der Waals surface area (Å²) in [5.41, 5.74) is 4.44. The third-order valence-electron chi connectivity index (χ3n) is 4.59. The second-order valence-corrected chi connectivity index (χ2v) is 6.84. The van der Waals surface area contributed by atoms with Crippen LogP contribution in [0.25, 0.3) is 11.1 Å². The van der Waals surface area contributed by atoms with E-state index in [1.165, 1.54) is 0 Å². The summed E-state index contributed by atoms with van der Waals surface area (Å²) in [6, 6.07) is 19.5. The Kier molecular flexibility index (Phi) is 6.39. The standard InChI is InChI=1S/C24H23NO4/c1-3-29-24(28)23(27)14-22(26)21-13-20(19-7-5-4-6-8-19)16-25(21)15-18-11-9-17(2)10-12-18/h4-13,16H,3,14-15H2,1-2H3. The van der Waals surface area contributed by atoms with E-state index in [0.29, 0.717) is 12.2 Å². The molecule has 0 aliphatic rings. The highest BCUT2D eigenvalue weighted by molar-refractivity contribution is 6.38. The number of benzene rings is 2. The lowest BCUT2D eigenvalue weighted by Gasteiger charge is -2.09. The lowest BCUT2D eigenvalue weighted by atomic mass is 10.1. The van der Waals surface area contributed by atoms with Crippen molar-refractivity contribution in [3.63, 3.8) is 0 Å². The van der Waals surface area contributed by atoms with Gasteiger partial charge in [-0.2, -0.15) is 0 Å². The number of ketones is 2. The van der Waals surface area contributed by atoms with Crippen molar-refractivity contribution < 1.29 is 19.1 Å². The molecule has 1 heterocycles. The van der Waals surface area contributed by atoms with Gasteiger partial charge in [0.1, 0.15) is 0 Å². The first-order chi connectivity index (χ1) is 14.0. The van der Waals surface area contributed by atoms with Crippen LogP contribution in [0.15, 0.2) is 66.9 Å². The van der Waals surface area contributed by atoms with Gasteiger partial charge in [-0.3, -0.25) is 9.59 Å². The average Bonchev–Trinajstić information content (AvgIpc) is 3.14. The molecule has 0 spiro atoms. The Morgan fingerprint density at radius 2 is 1.62 bits per heavy atom. The molecule has 5 heteroatoms. The number of carbonyl (C=O) groups is 3. The molecule has 0 unspecified atom stereocenters. The number of ether oxygens (including phenoxy) is 1. The van der Waals surface area contributed by atoms with Gasteiger partial charge in [0, 0.05) is 18.3 Å². The molecule has 0 fully saturated rings. The molecule has 0 aliphatic carbocycles. The molecular weight excluding hydrogens is 366 g/mol. The van der Waals surface area contributed by atoms with Gasteiger partial charge in [0.25, 0.3) is 0 Å². The average molecular weight is 389 g/mol. The Bertz CT molecular complexity index is 1020. The van der Waals surface area contributed by atoms with Crippen LogP contribution in [-0.4, -0.2) is 28.7 Å². The van der Waals surface area contributed by atoms with Gasteiger partial charge < -0.3 is 9.30 Å². The summed E-state index contributed by atoms with van der Waals surface area (Å²) in [7, 11) is 0. The van der Waals surface area contributed by atoms with E-state index in [9.17, 15) is 14.4 Å². The minimum Gasteiger partial charge on any atom is -0.460 e. The van der Waals surface area contributed by atoms with Crippen molar-refractivity contribution in [2.75, 3.05) is 6.61 Å². The summed E-state index contributed by atoms with van der Waals surface area (Å²) in [5, 5.41) is 0. The molecule has 0 amide bonds. The number of carbonyl (C=O) groups excluding carboxylic acids is 3. The van der Waals surface area contributed by atoms with Gasteiger partial charge in [0.2, 0.25) is 5.78 Å². The van der Waals surface area contributed by atoms with Crippen molar-refractivity contribution in [2.45, 2.75) is 26.8 Å². The molecular formula is C24H23NO4. The van der Waals surface area contributed by atoms with Crippen LogP contribution in [-0.2, 0) is 20.9 Å². The van der Waals surface area contributed by atoms with E-state index in [1.54, 1.807) is 13.0 Å². The first-order valence-corrected chi connectivity index (χ1v) is 9.52. The van der Waals surface area contributed by atoms with Crippen LogP contribution in [0.5, 0.6) is 0 Å². The van der Waals surface area contributed by atoms with E-state index in [4.69, 9.17) is 4.74 Å². The van der Waals surface area contributed by atoms with E-state index in [0.717, 1.165) is 22.3 Å². The summed E-state index contributed by atoms with van der Waals surface area (Å²) >= 11 is 0. The fourth-order valence-electron chi connectivity index (χ4n) is 3.08. The minimum atomic E-state index is -0.972. The molecule has 29 heavy (non-hydrogen) atoms. The van der Waals surface area contributed by atoms with Gasteiger partial charge in [-0.15, -0.1) is 0 Å². The number of hydrogen-bond acceptors (Lipinski definition) is 4. The molecule has 2 aromatic carbocycles. The summed E-state index contributed by atoms with van der Waals surface area (Å²) < 4.78 is 6.53. The molecule has 148 valence electrons. The van der Waals surface area contributed by atoms with Crippen LogP contribution in [0, 0.1) is 6.92 Å². The predicted molar refractivity (Wildman–Crippen MR) is 111 cm³/mol. The third-order valence-corrected chi connectivity index (χ3v) is 4.59. The van der Waals surface area contributed by atoms with Crippen molar-refractivity contribution in [1.29, 1.82) is 0 Å². The lowest BCUT2D eigenvalue weighted by molar-refractivity contribution is -0.153. The van der Waals surface area contributed by atoms with Crippen LogP contribution in [0.3, 0.4) is 0 Å². The molecule has 3 aromatic rings. The number of Topliss-reactive ketones (excluding diaryl/α,β-unsaturated/α-hetero) is 2. The van der Waals surface area contributed by atoms with Crippen molar-refractivity contribution in [3.05, 3.63) is 83.7 Å². The van der Waals surface area contributed by atoms with Crippen LogP contribution < -0.4 is 0 Å². The zero-order valence-corrected chi connectivity index (χ0v) is 16.6. The maximum Gasteiger partial charge on any atom is 0.375 e. The van der Waals surface area contributed by atoms with Crippen LogP contribution in [0.1, 0.15) is 35.0 Å². The summed E-state index contributed by atoms with van der Waals surface area (Å²) in [4.78, 5) is 36.4. The molecule has 0 radical (unpaired) electrons. The van der Waals surface area contributed by atoms with Crippen molar-refractivity contribution in [1.82, 2.24) is 4.57 Å². The Hall–Kier alpha value is -3.47. The normalized spacial score (nSPS) is 10.6. The maximum atomic E-state index is 12.8. The minimum absolute atomic E-state index is 0.0979. The monoisotopic (exact) mass is 389 g/mol. The Labute approximate surface area is 169 Å². The highest BCUT2D eigenvalue weighted by Crippen LogP contribution is 2.24. The quantitative estimate of drug-likeness (QED) is 0.250. The number of rotatable bonds is 8. The van der Waals surface area contributed by atoms with Crippen LogP contribution in [0.2, 0.25) is 0 Å². The molecule has 0 aliphatic heterocycles. The van der Waals surface area contributed by atoms with E-state index < -0.39 is 24.0 Å². The van der Waals surface area contributed by atoms with Crippen LogP contribution in [0.4, 0.5) is 0 Å². The summed E-state index contributed by atoms with van der Waals surface area (Å²) in [6.07, 6.45) is 1.39. The van der Waals surface area contributed by atoms with Gasteiger partial charge >= 0.3 is 5.97 Å². The SMILES string of the molecule is CCOC(=O)C(=O)CC(=O)c1cc(-c2ccccc2)cn1Cc1ccc(C)cc1. The van der Waals surface area contributed by atoms with Gasteiger partial charge in [-0.1, -0.05) is 60.2 Å². The Balaban J connectivity index is 1.91. The largest absolute Gasteiger partial charge is 0.460 e. The second-order valence-electron chi connectivity index (χ2n) is 6.84. The molecule has 1 aromatic heterocycles. The topological polar surface area (TPSA) is 65.4 Å². The van der Waals surface area contributed by atoms with E-state index >= 15 is 0 Å². The van der Waals surface area contributed by atoms with Crippen molar-refractivity contribution in [2.24, 2.45) is 0 Å². The maximum absolute atomic E-state index is 12.8. The third kappa shape index (κ3) is 5.08. The molecule has 3 rings (SSSR count). The van der Waals surface area contributed by atoms with Gasteiger partial charge in [-0.05, 0) is 31.0 Å². The number of nitrogens with zero attached hydrogens (tertiary/aromatic N) is 1. The van der Waals surface area contributed by atoms with Gasteiger partial charge in [0.05, 0.1) is 18.7 Å². The van der Waals surface area contributed by atoms with Gasteiger partial charge in [-0.25, -0.2) is 4.79 Å². The summed E-state index contributed by atoms with van der Waals surface area (Å²) in [6.45, 7) is 4.22. The first kappa shape index (κ1) is 20.3. The van der Waals surface area contributed by atoms with Crippen LogP contribution >= 0.6 is 0 Å². The molecule has 0 N–H and O–H groups in total. The van der Waals surface area contributed by atoms with Gasteiger partial charge in [0.15, 0.2) is 5.78 Å². The molecule has 5 nitrogen and oxygen atoms in total. The smallest absolute Gasteiger partial charge is 0.375 e. The zero-order chi connectivity index (χ0) is 20.8. The number of aromatic nitrogens is 1. The highest BCUT2D eigenvalue weighted by Gasteiger charge is 2.23. The van der Waals surface area contributed by atoms with E-state index in [2.05, 4.69) is 0 Å². The Morgan fingerprint density at radius 3 is 2.28 bits per heavy atom. The fraction of sp³-hybridized carbons (Fsp3) is 0.208. The fourth-order valence-corrected chi connectivity index (χ4v) is 3.08. The first-order valence-electron chi connectivity index (χ1n) is 9.52. The van der Waals surface area contributed by atoms with E-state index in [-0.39, 0.29) is 6.61 Å². The predicted octanol–water partition coefficient (Wildman–Crippen LogP) is 4.22. The zero-order valence-electron chi connectivity index (χ0n) is 16.6. The number of aryl methyl sites for hydroxylation is 1.